The number of aromatic nitrogens is 4. The molecule has 1 fully saturated rings. The highest BCUT2D eigenvalue weighted by atomic mass is 16.7. The number of nitrogens with one attached hydrogen (secondary N) is 2. The lowest BCUT2D eigenvalue weighted by Crippen LogP contribution is -2.45. The minimum atomic E-state index is -0.0766. The topological polar surface area (TPSA) is 84.8 Å². The molecule has 0 unspecified atom stereocenters. The van der Waals surface area contributed by atoms with Gasteiger partial charge in [-0.15, -0.1) is 15.7 Å². The standard InChI is InChI=1S/C21H27N5O2/c1-21(25-28-15-27)9-7-16(8-10-21)3-2-4-17-12-22-20-6-5-18(11-19(17)20)26-13-23-24-14-26/h5-6,11-16,22,25H,2-4,7-10H2,1H3. The molecule has 1 aliphatic carbocycles. The SMILES string of the molecule is CC1(NOC=O)CCC(CCCc2c[nH]c3ccc(-n4cnnc4)cc23)CC1. The number of carbonyl (C=O) groups excluding carboxylic acids is 1. The second-order valence-corrected chi connectivity index (χ2v) is 8.13. The molecule has 0 radical (unpaired) electrons. The summed E-state index contributed by atoms with van der Waals surface area (Å²) in [7, 11) is 0. The lowest BCUT2D eigenvalue weighted by Gasteiger charge is -2.36. The number of H-pyrrole nitrogens is 1. The van der Waals surface area contributed by atoms with Gasteiger partial charge in [-0.25, -0.2) is 0 Å². The van der Waals surface area contributed by atoms with Crippen molar-refractivity contribution < 1.29 is 9.63 Å². The number of aromatic amines is 1. The molecule has 0 aliphatic heterocycles. The zero-order valence-corrected chi connectivity index (χ0v) is 16.2. The summed E-state index contributed by atoms with van der Waals surface area (Å²) in [4.78, 5) is 18.6. The Balaban J connectivity index is 1.33. The summed E-state index contributed by atoms with van der Waals surface area (Å²) in [5.74, 6) is 0.754. The zero-order valence-electron chi connectivity index (χ0n) is 16.2. The first-order valence-corrected chi connectivity index (χ1v) is 9.98. The van der Waals surface area contributed by atoms with E-state index in [0.29, 0.717) is 6.47 Å². The number of aryl methyl sites for hydroxylation is 1. The number of nitrogens with zero attached hydrogens (tertiary/aromatic N) is 3. The van der Waals surface area contributed by atoms with Crippen LogP contribution < -0.4 is 5.48 Å². The molecule has 3 aromatic rings. The molecule has 7 heteroatoms. The second-order valence-electron chi connectivity index (χ2n) is 8.13. The Morgan fingerprint density at radius 3 is 2.86 bits per heavy atom. The second kappa shape index (κ2) is 8.14. The predicted octanol–water partition coefficient (Wildman–Crippen LogP) is 3.70. The highest BCUT2D eigenvalue weighted by Crippen LogP contribution is 2.34. The van der Waals surface area contributed by atoms with Gasteiger partial charge < -0.3 is 9.82 Å². The molecule has 0 saturated heterocycles. The highest BCUT2D eigenvalue weighted by Gasteiger charge is 2.31. The van der Waals surface area contributed by atoms with Crippen molar-refractivity contribution in [2.75, 3.05) is 0 Å². The molecule has 0 atom stereocenters. The van der Waals surface area contributed by atoms with Crippen LogP contribution >= 0.6 is 0 Å². The van der Waals surface area contributed by atoms with Crippen molar-refractivity contribution in [3.63, 3.8) is 0 Å². The van der Waals surface area contributed by atoms with E-state index in [2.05, 4.69) is 52.0 Å². The Morgan fingerprint density at radius 1 is 1.32 bits per heavy atom. The Labute approximate surface area is 164 Å². The van der Waals surface area contributed by atoms with Gasteiger partial charge in [0.1, 0.15) is 12.7 Å². The average Bonchev–Trinajstić information content (AvgIpc) is 3.38. The molecule has 0 amide bonds. The van der Waals surface area contributed by atoms with E-state index in [4.69, 9.17) is 4.84 Å². The van der Waals surface area contributed by atoms with Crippen molar-refractivity contribution in [3.05, 3.63) is 42.6 Å². The molecule has 2 aromatic heterocycles. The van der Waals surface area contributed by atoms with Crippen LogP contribution in [0.3, 0.4) is 0 Å². The molecular formula is C21H27N5O2. The van der Waals surface area contributed by atoms with E-state index in [1.54, 1.807) is 12.7 Å². The van der Waals surface area contributed by atoms with Crippen LogP contribution in [-0.4, -0.2) is 31.8 Å². The predicted molar refractivity (Wildman–Crippen MR) is 107 cm³/mol. The Bertz CT molecular complexity index is 910. The van der Waals surface area contributed by atoms with Gasteiger partial charge in [0.2, 0.25) is 0 Å². The van der Waals surface area contributed by atoms with Gasteiger partial charge in [0.15, 0.2) is 0 Å². The van der Waals surface area contributed by atoms with E-state index >= 15 is 0 Å². The molecule has 28 heavy (non-hydrogen) atoms. The van der Waals surface area contributed by atoms with Crippen LogP contribution in [0.5, 0.6) is 0 Å². The minimum Gasteiger partial charge on any atom is -0.373 e. The van der Waals surface area contributed by atoms with Gasteiger partial charge in [-0.1, -0.05) is 6.42 Å². The maximum Gasteiger partial charge on any atom is 0.312 e. The number of carbonyl (C=O) groups is 1. The van der Waals surface area contributed by atoms with Crippen molar-refractivity contribution in [2.24, 2.45) is 5.92 Å². The third-order valence-corrected chi connectivity index (χ3v) is 6.09. The Kier molecular flexibility index (Phi) is 5.43. The van der Waals surface area contributed by atoms with Crippen LogP contribution in [0, 0.1) is 5.92 Å². The summed E-state index contributed by atoms with van der Waals surface area (Å²) in [5, 5.41) is 9.06. The van der Waals surface area contributed by atoms with Gasteiger partial charge in [0.25, 0.3) is 0 Å². The normalized spacial score (nSPS) is 22.4. The van der Waals surface area contributed by atoms with Crippen LogP contribution in [0.1, 0.15) is 51.0 Å². The third kappa shape index (κ3) is 4.09. The number of fused-ring (bicyclic) bond motifs is 1. The van der Waals surface area contributed by atoms with Crippen LogP contribution in [0.2, 0.25) is 0 Å². The summed E-state index contributed by atoms with van der Waals surface area (Å²) in [6, 6.07) is 6.40. The molecule has 1 saturated carbocycles. The van der Waals surface area contributed by atoms with E-state index in [9.17, 15) is 4.79 Å². The van der Waals surface area contributed by atoms with Crippen molar-refractivity contribution in [1.29, 1.82) is 0 Å². The van der Waals surface area contributed by atoms with Crippen LogP contribution in [0.15, 0.2) is 37.1 Å². The molecule has 1 aliphatic rings. The first kappa shape index (κ1) is 18.7. The molecule has 148 valence electrons. The summed E-state index contributed by atoms with van der Waals surface area (Å²) in [6.07, 6.45) is 13.5. The summed E-state index contributed by atoms with van der Waals surface area (Å²) >= 11 is 0. The van der Waals surface area contributed by atoms with Gasteiger partial charge in [-0.05, 0) is 75.1 Å². The van der Waals surface area contributed by atoms with E-state index in [-0.39, 0.29) is 5.54 Å². The molecule has 7 nitrogen and oxygen atoms in total. The smallest absolute Gasteiger partial charge is 0.312 e. The lowest BCUT2D eigenvalue weighted by molar-refractivity contribution is -0.141. The average molecular weight is 381 g/mol. The summed E-state index contributed by atoms with van der Waals surface area (Å²) in [5.41, 5.74) is 6.44. The lowest BCUT2D eigenvalue weighted by atomic mass is 9.76. The number of rotatable bonds is 8. The van der Waals surface area contributed by atoms with Gasteiger partial charge in [-0.2, -0.15) is 0 Å². The van der Waals surface area contributed by atoms with Crippen molar-refractivity contribution >= 4 is 17.4 Å². The first-order valence-electron chi connectivity index (χ1n) is 9.98. The van der Waals surface area contributed by atoms with Crippen LogP contribution in [0.4, 0.5) is 0 Å². The minimum absolute atomic E-state index is 0.0766. The number of hydroxylamine groups is 1. The maximum atomic E-state index is 10.4. The molecule has 4 rings (SSSR count). The van der Waals surface area contributed by atoms with E-state index in [0.717, 1.165) is 30.9 Å². The molecule has 2 N–H and O–H groups in total. The quantitative estimate of drug-likeness (QED) is 0.459. The van der Waals surface area contributed by atoms with Gasteiger partial charge >= 0.3 is 6.47 Å². The number of hydrogen-bond acceptors (Lipinski definition) is 5. The fourth-order valence-corrected chi connectivity index (χ4v) is 4.32. The van der Waals surface area contributed by atoms with E-state index in [1.165, 1.54) is 42.1 Å². The molecule has 0 spiro atoms. The number of hydrogen-bond donors (Lipinski definition) is 2. The van der Waals surface area contributed by atoms with Crippen molar-refractivity contribution in [3.8, 4) is 5.69 Å². The first-order chi connectivity index (χ1) is 13.7. The van der Waals surface area contributed by atoms with E-state index in [1.807, 2.05) is 4.57 Å². The molecule has 2 heterocycles. The molecule has 1 aromatic carbocycles. The Morgan fingerprint density at radius 2 is 2.11 bits per heavy atom. The largest absolute Gasteiger partial charge is 0.373 e. The van der Waals surface area contributed by atoms with Gasteiger partial charge in [0, 0.05) is 22.8 Å². The third-order valence-electron chi connectivity index (χ3n) is 6.09. The van der Waals surface area contributed by atoms with E-state index < -0.39 is 0 Å². The maximum absolute atomic E-state index is 10.4. The van der Waals surface area contributed by atoms with Crippen molar-refractivity contribution in [1.82, 2.24) is 25.2 Å². The van der Waals surface area contributed by atoms with Gasteiger partial charge in [0.05, 0.1) is 5.54 Å². The zero-order chi connectivity index (χ0) is 19.4. The number of benzene rings is 1. The highest BCUT2D eigenvalue weighted by molar-refractivity contribution is 5.85. The molecular weight excluding hydrogens is 354 g/mol. The fraction of sp³-hybridized carbons (Fsp3) is 0.476. The van der Waals surface area contributed by atoms with Crippen LogP contribution in [0.25, 0.3) is 16.6 Å². The monoisotopic (exact) mass is 381 g/mol. The fourth-order valence-electron chi connectivity index (χ4n) is 4.32. The van der Waals surface area contributed by atoms with Gasteiger partial charge in [-0.3, -0.25) is 9.36 Å². The summed E-state index contributed by atoms with van der Waals surface area (Å²) in [6.45, 7) is 2.60. The van der Waals surface area contributed by atoms with Crippen molar-refractivity contribution in [2.45, 2.75) is 57.4 Å². The molecule has 0 bridgehead atoms. The van der Waals surface area contributed by atoms with Crippen LogP contribution in [-0.2, 0) is 16.1 Å². The summed E-state index contributed by atoms with van der Waals surface area (Å²) < 4.78 is 1.93. The Hall–Kier alpha value is -2.67.